The van der Waals surface area contributed by atoms with Crippen LogP contribution in [-0.2, 0) is 22.4 Å². The minimum Gasteiger partial charge on any atom is -0.487 e. The van der Waals surface area contributed by atoms with E-state index in [9.17, 15) is 31.1 Å². The molecule has 0 atom stereocenters. The predicted molar refractivity (Wildman–Crippen MR) is 136 cm³/mol. The van der Waals surface area contributed by atoms with E-state index in [0.29, 0.717) is 17.2 Å². The molecular weight excluding hydrogens is 526 g/mol. The first-order valence-corrected chi connectivity index (χ1v) is 12.6. The number of carbonyl (C=O) groups is 1. The van der Waals surface area contributed by atoms with Crippen molar-refractivity contribution in [1.29, 1.82) is 0 Å². The summed E-state index contributed by atoms with van der Waals surface area (Å²) >= 11 is 0. The second-order valence-electron chi connectivity index (χ2n) is 9.20. The monoisotopic (exact) mass is 556 g/mol. The van der Waals surface area contributed by atoms with Crippen LogP contribution in [0.2, 0.25) is 0 Å². The summed E-state index contributed by atoms with van der Waals surface area (Å²) in [6.45, 7) is 2.78. The fraction of sp³-hybridized carbons (Fsp3) is 0.414. The van der Waals surface area contributed by atoms with E-state index in [1.54, 1.807) is 6.07 Å². The second-order valence-corrected chi connectivity index (χ2v) is 9.20. The molecule has 0 saturated heterocycles. The van der Waals surface area contributed by atoms with Crippen molar-refractivity contribution in [2.24, 2.45) is 0 Å². The number of fused-ring (bicyclic) bond motifs is 1. The lowest BCUT2D eigenvalue weighted by atomic mass is 9.97. The van der Waals surface area contributed by atoms with E-state index in [2.05, 4.69) is 24.3 Å². The summed E-state index contributed by atoms with van der Waals surface area (Å²) in [5.41, 5.74) is 3.40. The molecule has 3 rings (SSSR count). The Kier molecular flexibility index (Phi) is 9.40. The van der Waals surface area contributed by atoms with Crippen LogP contribution >= 0.6 is 0 Å². The van der Waals surface area contributed by atoms with Gasteiger partial charge in [0, 0.05) is 23.1 Å². The largest absolute Gasteiger partial charge is 0.487 e. The zero-order chi connectivity index (χ0) is 28.8. The number of hydrogen-bond donors (Lipinski definition) is 0. The van der Waals surface area contributed by atoms with Crippen molar-refractivity contribution in [3.63, 3.8) is 0 Å². The van der Waals surface area contributed by atoms with Crippen LogP contribution in [0.25, 0.3) is 22.3 Å². The second kappa shape index (κ2) is 12.2. The number of esters is 1. The van der Waals surface area contributed by atoms with Crippen LogP contribution in [-0.4, -0.2) is 37.0 Å². The van der Waals surface area contributed by atoms with Gasteiger partial charge in [-0.05, 0) is 48.6 Å². The molecular formula is C29H30F6O4. The third-order valence-electron chi connectivity index (χ3n) is 6.28. The molecule has 0 bridgehead atoms. The van der Waals surface area contributed by atoms with E-state index < -0.39 is 37.0 Å². The third-order valence-corrected chi connectivity index (χ3v) is 6.28. The Labute approximate surface area is 222 Å². The summed E-state index contributed by atoms with van der Waals surface area (Å²) in [7, 11) is 0. The number of unbranched alkanes of at least 4 members (excludes halogenated alkanes) is 2. The molecule has 0 aliphatic rings. The molecule has 0 radical (unpaired) electrons. The number of hydrogen-bond acceptors (Lipinski definition) is 4. The summed E-state index contributed by atoms with van der Waals surface area (Å²) in [5, 5.41) is 0.610. The fourth-order valence-electron chi connectivity index (χ4n) is 3.99. The SMILES string of the molecule is C=CC(=O)OCC(F)(F)C(F)(F)C(F)(F)COc1ccc2cc(-c3ccc(CCCCC)cc3CC)oc2c1. The van der Waals surface area contributed by atoms with Crippen LogP contribution in [0.3, 0.4) is 0 Å². The molecule has 1 heterocycles. The molecule has 10 heteroatoms. The number of furan rings is 1. The van der Waals surface area contributed by atoms with E-state index in [-0.39, 0.29) is 11.3 Å². The molecule has 4 nitrogen and oxygen atoms in total. The Morgan fingerprint density at radius 1 is 0.949 bits per heavy atom. The fourth-order valence-corrected chi connectivity index (χ4v) is 3.99. The predicted octanol–water partition coefficient (Wildman–Crippen LogP) is 8.41. The van der Waals surface area contributed by atoms with Gasteiger partial charge in [-0.25, -0.2) is 4.79 Å². The van der Waals surface area contributed by atoms with Crippen LogP contribution < -0.4 is 4.74 Å². The lowest BCUT2D eigenvalue weighted by Crippen LogP contribution is -2.58. The third kappa shape index (κ3) is 6.78. The highest BCUT2D eigenvalue weighted by Gasteiger charge is 2.72. The molecule has 2 aromatic carbocycles. The van der Waals surface area contributed by atoms with Crippen LogP contribution in [0.5, 0.6) is 5.75 Å². The van der Waals surface area contributed by atoms with Gasteiger partial charge in [0.1, 0.15) is 17.1 Å². The van der Waals surface area contributed by atoms with Crippen LogP contribution in [0.1, 0.15) is 44.2 Å². The zero-order valence-corrected chi connectivity index (χ0v) is 21.7. The van der Waals surface area contributed by atoms with Gasteiger partial charge in [0.05, 0.1) is 0 Å². The van der Waals surface area contributed by atoms with Crippen molar-refractivity contribution in [3.8, 4) is 17.1 Å². The smallest absolute Gasteiger partial charge is 0.378 e. The molecule has 0 amide bonds. The highest BCUT2D eigenvalue weighted by molar-refractivity contribution is 5.84. The lowest BCUT2D eigenvalue weighted by molar-refractivity contribution is -0.322. The van der Waals surface area contributed by atoms with Crippen LogP contribution in [0.4, 0.5) is 26.3 Å². The summed E-state index contributed by atoms with van der Waals surface area (Å²) < 4.78 is 98.7. The molecule has 0 fully saturated rings. The van der Waals surface area contributed by atoms with Crippen molar-refractivity contribution in [2.75, 3.05) is 13.2 Å². The highest BCUT2D eigenvalue weighted by atomic mass is 19.3. The van der Waals surface area contributed by atoms with Gasteiger partial charge in [-0.15, -0.1) is 0 Å². The minimum atomic E-state index is -5.87. The summed E-state index contributed by atoms with van der Waals surface area (Å²) in [4.78, 5) is 10.9. The number of rotatable bonds is 14. The van der Waals surface area contributed by atoms with Gasteiger partial charge in [0.25, 0.3) is 0 Å². The van der Waals surface area contributed by atoms with Crippen molar-refractivity contribution >= 4 is 16.9 Å². The van der Waals surface area contributed by atoms with Crippen LogP contribution in [0, 0.1) is 0 Å². The highest BCUT2D eigenvalue weighted by Crippen LogP contribution is 2.46. The maximum atomic E-state index is 14.2. The molecule has 0 saturated carbocycles. The number of halogens is 6. The first-order chi connectivity index (χ1) is 18.3. The van der Waals surface area contributed by atoms with E-state index in [0.717, 1.165) is 43.2 Å². The quantitative estimate of drug-likeness (QED) is 0.0866. The van der Waals surface area contributed by atoms with Gasteiger partial charge in [-0.3, -0.25) is 0 Å². The molecule has 0 aliphatic carbocycles. The Morgan fingerprint density at radius 2 is 1.67 bits per heavy atom. The van der Waals surface area contributed by atoms with Gasteiger partial charge < -0.3 is 13.9 Å². The molecule has 0 aliphatic heterocycles. The van der Waals surface area contributed by atoms with E-state index in [1.165, 1.54) is 23.8 Å². The summed E-state index contributed by atoms with van der Waals surface area (Å²) in [6.07, 6.45) is 5.54. The Balaban J connectivity index is 1.76. The molecule has 0 N–H and O–H groups in total. The maximum absolute atomic E-state index is 14.2. The zero-order valence-electron chi connectivity index (χ0n) is 21.7. The number of benzene rings is 2. The van der Waals surface area contributed by atoms with Gasteiger partial charge in [0.15, 0.2) is 13.2 Å². The molecule has 1 aromatic heterocycles. The normalized spacial score (nSPS) is 12.5. The molecule has 0 spiro atoms. The molecule has 212 valence electrons. The molecule has 0 unspecified atom stereocenters. The van der Waals surface area contributed by atoms with Gasteiger partial charge in [-0.1, -0.05) is 51.5 Å². The Morgan fingerprint density at radius 3 is 2.33 bits per heavy atom. The Hall–Kier alpha value is -3.43. The average Bonchev–Trinajstić information content (AvgIpc) is 3.33. The van der Waals surface area contributed by atoms with Crippen LogP contribution in [0.15, 0.2) is 59.5 Å². The van der Waals surface area contributed by atoms with Gasteiger partial charge in [0.2, 0.25) is 0 Å². The first kappa shape index (κ1) is 30.1. The lowest BCUT2D eigenvalue weighted by Gasteiger charge is -2.32. The minimum absolute atomic E-state index is 0.244. The number of aryl methyl sites for hydroxylation is 2. The molecule has 39 heavy (non-hydrogen) atoms. The molecule has 3 aromatic rings. The number of alkyl halides is 6. The average molecular weight is 557 g/mol. The number of ether oxygens (including phenoxy) is 2. The summed E-state index contributed by atoms with van der Waals surface area (Å²) in [6, 6.07) is 11.8. The van der Waals surface area contributed by atoms with Crippen molar-refractivity contribution < 1.29 is 45.0 Å². The van der Waals surface area contributed by atoms with E-state index in [4.69, 9.17) is 9.15 Å². The van der Waals surface area contributed by atoms with Crippen molar-refractivity contribution in [1.82, 2.24) is 0 Å². The van der Waals surface area contributed by atoms with Gasteiger partial charge >= 0.3 is 23.7 Å². The topological polar surface area (TPSA) is 48.7 Å². The first-order valence-electron chi connectivity index (χ1n) is 12.6. The van der Waals surface area contributed by atoms with E-state index >= 15 is 0 Å². The van der Waals surface area contributed by atoms with Crippen molar-refractivity contribution in [3.05, 3.63) is 66.2 Å². The Bertz CT molecular complexity index is 1300. The van der Waals surface area contributed by atoms with Crippen molar-refractivity contribution in [2.45, 2.75) is 63.7 Å². The van der Waals surface area contributed by atoms with E-state index in [1.807, 2.05) is 19.1 Å². The van der Waals surface area contributed by atoms with Gasteiger partial charge in [-0.2, -0.15) is 26.3 Å². The summed E-state index contributed by atoms with van der Waals surface area (Å²) in [5.74, 6) is -17.7. The standard InChI is InChI=1S/C29H30F6O4/c1-4-7-8-9-19-10-13-23(20(5-2)14-19)25-15-21-11-12-22(16-24(21)39-25)37-17-27(30,31)29(34,35)28(32,33)18-38-26(36)6-3/h6,10-16H,3-5,7-9,17-18H2,1-2H3. The number of carbonyl (C=O) groups excluding carboxylic acids is 1. The maximum Gasteiger partial charge on any atom is 0.378 e.